The summed E-state index contributed by atoms with van der Waals surface area (Å²) in [6.07, 6.45) is 0. The van der Waals surface area contributed by atoms with Gasteiger partial charge in [0.1, 0.15) is 5.75 Å². The number of hydrogen-bond acceptors (Lipinski definition) is 1. The Morgan fingerprint density at radius 3 is 2.13 bits per heavy atom. The fourth-order valence-electron chi connectivity index (χ4n) is 1.11. The molecule has 0 heterocycles. The molecule has 1 aromatic carbocycles. The van der Waals surface area contributed by atoms with Crippen molar-refractivity contribution in [1.82, 2.24) is 0 Å². The predicted molar refractivity (Wildman–Crippen MR) is 65.3 cm³/mol. The minimum atomic E-state index is 0.310. The maximum absolute atomic E-state index is 5.75. The van der Waals surface area contributed by atoms with Crippen LogP contribution in [0.2, 0.25) is 0 Å². The molecule has 0 spiro atoms. The molecule has 0 saturated carbocycles. The van der Waals surface area contributed by atoms with Crippen molar-refractivity contribution in [1.29, 1.82) is 0 Å². The Morgan fingerprint density at radius 2 is 1.67 bits per heavy atom. The summed E-state index contributed by atoms with van der Waals surface area (Å²) in [5.41, 5.74) is 1.58. The van der Waals surface area contributed by atoms with E-state index in [0.29, 0.717) is 11.3 Å². The Kier molecular flexibility index (Phi) is 3.78. The maximum atomic E-state index is 5.75. The number of rotatable bonds is 3. The first kappa shape index (κ1) is 12.1. The molecule has 15 heavy (non-hydrogen) atoms. The van der Waals surface area contributed by atoms with Crippen LogP contribution in [0.3, 0.4) is 0 Å². The number of ether oxygens (including phenoxy) is 1. The zero-order valence-corrected chi connectivity index (χ0v) is 10.5. The molecule has 0 aromatic heterocycles. The van der Waals surface area contributed by atoms with Crippen molar-refractivity contribution >= 4 is 0 Å². The number of aryl methyl sites for hydroxylation is 1. The minimum Gasteiger partial charge on any atom is -0.493 e. The molecular formula is C14H22O. The van der Waals surface area contributed by atoms with Gasteiger partial charge in [0.2, 0.25) is 0 Å². The topological polar surface area (TPSA) is 9.23 Å². The summed E-state index contributed by atoms with van der Waals surface area (Å²) >= 11 is 0. The van der Waals surface area contributed by atoms with E-state index in [2.05, 4.69) is 46.8 Å². The smallest absolute Gasteiger partial charge is 0.119 e. The van der Waals surface area contributed by atoms with Crippen LogP contribution in [-0.4, -0.2) is 6.61 Å². The van der Waals surface area contributed by atoms with Gasteiger partial charge in [0, 0.05) is 0 Å². The lowest BCUT2D eigenvalue weighted by Gasteiger charge is -2.27. The van der Waals surface area contributed by atoms with Gasteiger partial charge in [0.25, 0.3) is 0 Å². The Hall–Kier alpha value is -0.980. The molecule has 0 amide bonds. The summed E-state index contributed by atoms with van der Waals surface area (Å²) in [5.74, 6) is 1.52. The lowest BCUT2D eigenvalue weighted by atomic mass is 9.83. The molecule has 0 radical (unpaired) electrons. The monoisotopic (exact) mass is 206 g/mol. The normalized spacial score (nSPS) is 13.7. The van der Waals surface area contributed by atoms with Crippen molar-refractivity contribution in [2.75, 3.05) is 6.61 Å². The van der Waals surface area contributed by atoms with Crippen LogP contribution in [0.25, 0.3) is 0 Å². The van der Waals surface area contributed by atoms with Gasteiger partial charge in [-0.15, -0.1) is 0 Å². The third-order valence-corrected chi connectivity index (χ3v) is 3.00. The van der Waals surface area contributed by atoms with Crippen LogP contribution in [-0.2, 0) is 0 Å². The molecule has 1 atom stereocenters. The number of hydrogen-bond donors (Lipinski definition) is 0. The Morgan fingerprint density at radius 1 is 1.13 bits per heavy atom. The van der Waals surface area contributed by atoms with Crippen molar-refractivity contribution in [3.8, 4) is 5.75 Å². The van der Waals surface area contributed by atoms with Crippen LogP contribution >= 0.6 is 0 Å². The third kappa shape index (κ3) is 3.94. The van der Waals surface area contributed by atoms with Crippen molar-refractivity contribution in [3.63, 3.8) is 0 Å². The van der Waals surface area contributed by atoms with Crippen LogP contribution < -0.4 is 4.74 Å². The second-order valence-electron chi connectivity index (χ2n) is 5.39. The highest BCUT2D eigenvalue weighted by molar-refractivity contribution is 5.26. The fraction of sp³-hybridized carbons (Fsp3) is 0.571. The molecule has 84 valence electrons. The van der Waals surface area contributed by atoms with Crippen LogP contribution in [0.1, 0.15) is 33.3 Å². The molecule has 0 aliphatic heterocycles. The summed E-state index contributed by atoms with van der Waals surface area (Å²) in [6, 6.07) is 8.23. The van der Waals surface area contributed by atoms with Gasteiger partial charge >= 0.3 is 0 Å². The average Bonchev–Trinajstić information content (AvgIpc) is 2.15. The molecule has 1 aromatic rings. The van der Waals surface area contributed by atoms with E-state index in [1.54, 1.807) is 0 Å². The average molecular weight is 206 g/mol. The van der Waals surface area contributed by atoms with E-state index in [-0.39, 0.29) is 0 Å². The molecule has 0 bridgehead atoms. The summed E-state index contributed by atoms with van der Waals surface area (Å²) < 4.78 is 5.75. The van der Waals surface area contributed by atoms with E-state index in [1.807, 2.05) is 12.1 Å². The summed E-state index contributed by atoms with van der Waals surface area (Å²) in [6.45, 7) is 11.8. The molecule has 0 aliphatic carbocycles. The lowest BCUT2D eigenvalue weighted by Crippen LogP contribution is -2.23. The summed E-state index contributed by atoms with van der Waals surface area (Å²) in [5, 5.41) is 0. The lowest BCUT2D eigenvalue weighted by molar-refractivity contribution is 0.161. The van der Waals surface area contributed by atoms with E-state index in [4.69, 9.17) is 4.74 Å². The quantitative estimate of drug-likeness (QED) is 0.724. The highest BCUT2D eigenvalue weighted by Gasteiger charge is 2.20. The van der Waals surface area contributed by atoms with Gasteiger partial charge in [-0.1, -0.05) is 45.4 Å². The second-order valence-corrected chi connectivity index (χ2v) is 5.39. The number of benzene rings is 1. The van der Waals surface area contributed by atoms with E-state index in [1.165, 1.54) is 5.56 Å². The Labute approximate surface area is 93.5 Å². The highest BCUT2D eigenvalue weighted by Crippen LogP contribution is 2.26. The summed E-state index contributed by atoms with van der Waals surface area (Å²) in [7, 11) is 0. The molecule has 0 N–H and O–H groups in total. The molecule has 0 aliphatic rings. The highest BCUT2D eigenvalue weighted by atomic mass is 16.5. The first-order chi connectivity index (χ1) is 6.89. The largest absolute Gasteiger partial charge is 0.493 e. The standard InChI is InChI=1S/C14H22O/c1-11-6-8-13(9-7-11)15-10-12(2)14(3,4)5/h6-9,12H,10H2,1-5H3. The third-order valence-electron chi connectivity index (χ3n) is 3.00. The van der Waals surface area contributed by atoms with E-state index < -0.39 is 0 Å². The van der Waals surface area contributed by atoms with Gasteiger partial charge in [-0.3, -0.25) is 0 Å². The van der Waals surface area contributed by atoms with Crippen LogP contribution in [0.15, 0.2) is 24.3 Å². The van der Waals surface area contributed by atoms with E-state index in [9.17, 15) is 0 Å². The van der Waals surface area contributed by atoms with Gasteiger partial charge in [0.15, 0.2) is 0 Å². The Balaban J connectivity index is 2.47. The molecule has 1 heteroatoms. The van der Waals surface area contributed by atoms with Gasteiger partial charge in [-0.25, -0.2) is 0 Å². The zero-order valence-electron chi connectivity index (χ0n) is 10.5. The van der Waals surface area contributed by atoms with Crippen LogP contribution in [0, 0.1) is 18.3 Å². The summed E-state index contributed by atoms with van der Waals surface area (Å²) in [4.78, 5) is 0. The van der Waals surface area contributed by atoms with Crippen LogP contribution in [0.5, 0.6) is 5.75 Å². The second kappa shape index (κ2) is 4.69. The fourth-order valence-corrected chi connectivity index (χ4v) is 1.11. The molecule has 0 saturated heterocycles. The van der Waals surface area contributed by atoms with Crippen molar-refractivity contribution in [2.24, 2.45) is 11.3 Å². The molecule has 1 unspecified atom stereocenters. The maximum Gasteiger partial charge on any atom is 0.119 e. The molecule has 0 fully saturated rings. The van der Waals surface area contributed by atoms with Gasteiger partial charge in [-0.2, -0.15) is 0 Å². The van der Waals surface area contributed by atoms with Gasteiger partial charge in [-0.05, 0) is 30.4 Å². The van der Waals surface area contributed by atoms with Gasteiger partial charge < -0.3 is 4.74 Å². The van der Waals surface area contributed by atoms with Crippen molar-refractivity contribution in [3.05, 3.63) is 29.8 Å². The van der Waals surface area contributed by atoms with Gasteiger partial charge in [0.05, 0.1) is 6.61 Å². The van der Waals surface area contributed by atoms with E-state index >= 15 is 0 Å². The van der Waals surface area contributed by atoms with E-state index in [0.717, 1.165) is 12.4 Å². The predicted octanol–water partition coefficient (Wildman–Crippen LogP) is 4.06. The molecule has 1 nitrogen and oxygen atoms in total. The van der Waals surface area contributed by atoms with Crippen molar-refractivity contribution < 1.29 is 4.74 Å². The molecule has 1 rings (SSSR count). The van der Waals surface area contributed by atoms with Crippen LogP contribution in [0.4, 0.5) is 0 Å². The molecular weight excluding hydrogens is 184 g/mol. The first-order valence-corrected chi connectivity index (χ1v) is 5.59. The van der Waals surface area contributed by atoms with Crippen molar-refractivity contribution in [2.45, 2.75) is 34.6 Å². The zero-order chi connectivity index (χ0) is 11.5. The SMILES string of the molecule is Cc1ccc(OCC(C)C(C)(C)C)cc1. The first-order valence-electron chi connectivity index (χ1n) is 5.59. The minimum absolute atomic E-state index is 0.310. The Bertz CT molecular complexity index is 292.